The summed E-state index contributed by atoms with van der Waals surface area (Å²) in [5.41, 5.74) is 0.0248. The van der Waals surface area contributed by atoms with Gasteiger partial charge in [0.15, 0.2) is 0 Å². The molecule has 1 aliphatic heterocycles. The van der Waals surface area contributed by atoms with Crippen molar-refractivity contribution in [3.63, 3.8) is 0 Å². The molecule has 202 valence electrons. The van der Waals surface area contributed by atoms with Gasteiger partial charge in [0, 0.05) is 30.1 Å². The Hall–Kier alpha value is -0.900. The molecule has 1 saturated heterocycles. The number of hydrogen-bond donors (Lipinski definition) is 0. The Morgan fingerprint density at radius 1 is 0.861 bits per heavy atom. The predicted molar refractivity (Wildman–Crippen MR) is 140 cm³/mol. The summed E-state index contributed by atoms with van der Waals surface area (Å²) in [6.45, 7) is 19.3. The second-order valence-electron chi connectivity index (χ2n) is 16.3. The molecule has 5 aliphatic carbocycles. The van der Waals surface area contributed by atoms with E-state index in [9.17, 15) is 9.59 Å². The van der Waals surface area contributed by atoms with Crippen molar-refractivity contribution in [3.8, 4) is 0 Å². The Bertz CT molecular complexity index is 998. The molecule has 6 rings (SSSR count). The molecule has 36 heavy (non-hydrogen) atoms. The highest BCUT2D eigenvalue weighted by Crippen LogP contribution is 2.80. The standard InChI is InChI=1S/C32H50O4/c1-20(33)36-25-11-12-28(6)21(27(25,4)5)9-13-29(7)22(28)10-14-32-23-17-26(2,3)15-16-31(23,19-35-32)24(34)18-30(29,32)8/h21-23,25H,9-19H2,1-8H3/t21-,22+,23+,25-,28-,29+,30-,31+,32-/m0/s1. The van der Waals surface area contributed by atoms with Crippen LogP contribution in [0.2, 0.25) is 0 Å². The second kappa shape index (κ2) is 7.19. The van der Waals surface area contributed by atoms with Crippen molar-refractivity contribution in [2.75, 3.05) is 6.61 Å². The first-order valence-corrected chi connectivity index (χ1v) is 14.9. The summed E-state index contributed by atoms with van der Waals surface area (Å²) in [6.07, 6.45) is 10.7. The van der Waals surface area contributed by atoms with Crippen LogP contribution < -0.4 is 0 Å². The maximum Gasteiger partial charge on any atom is 0.302 e. The molecule has 0 aromatic rings. The Kier molecular flexibility index (Phi) is 5.07. The van der Waals surface area contributed by atoms with Gasteiger partial charge in [0.25, 0.3) is 0 Å². The lowest BCUT2D eigenvalue weighted by Crippen LogP contribution is -2.73. The van der Waals surface area contributed by atoms with Gasteiger partial charge in [-0.25, -0.2) is 0 Å². The zero-order valence-electron chi connectivity index (χ0n) is 24.2. The summed E-state index contributed by atoms with van der Waals surface area (Å²) < 4.78 is 13.0. The number of fused-ring (bicyclic) bond motifs is 4. The molecule has 0 amide bonds. The first-order chi connectivity index (χ1) is 16.6. The first kappa shape index (κ1) is 25.4. The van der Waals surface area contributed by atoms with Gasteiger partial charge in [-0.3, -0.25) is 9.59 Å². The average Bonchev–Trinajstić information content (AvgIpc) is 3.03. The van der Waals surface area contributed by atoms with E-state index in [1.165, 1.54) is 6.42 Å². The second-order valence-corrected chi connectivity index (χ2v) is 16.3. The number of ketones is 1. The Morgan fingerprint density at radius 3 is 2.25 bits per heavy atom. The van der Waals surface area contributed by atoms with Crippen LogP contribution in [0, 0.1) is 50.2 Å². The van der Waals surface area contributed by atoms with Crippen LogP contribution in [-0.4, -0.2) is 30.1 Å². The lowest BCUT2D eigenvalue weighted by atomic mass is 9.30. The fourth-order valence-electron chi connectivity index (χ4n) is 12.1. The minimum atomic E-state index is -0.219. The molecule has 6 fully saturated rings. The van der Waals surface area contributed by atoms with E-state index in [4.69, 9.17) is 9.47 Å². The third-order valence-electron chi connectivity index (χ3n) is 14.2. The number of ether oxygens (including phenoxy) is 2. The molecule has 4 nitrogen and oxygen atoms in total. The lowest BCUT2D eigenvalue weighted by molar-refractivity contribution is -0.283. The summed E-state index contributed by atoms with van der Waals surface area (Å²) in [5.74, 6) is 1.84. The minimum Gasteiger partial charge on any atom is -0.462 e. The van der Waals surface area contributed by atoms with Crippen molar-refractivity contribution in [1.82, 2.24) is 0 Å². The minimum absolute atomic E-state index is 0.00228. The maximum atomic E-state index is 14.2. The molecule has 1 heterocycles. The highest BCUT2D eigenvalue weighted by atomic mass is 16.5. The van der Waals surface area contributed by atoms with Crippen molar-refractivity contribution in [3.05, 3.63) is 0 Å². The number of carbonyl (C=O) groups excluding carboxylic acids is 2. The first-order valence-electron chi connectivity index (χ1n) is 14.9. The molecule has 1 spiro atoms. The quantitative estimate of drug-likeness (QED) is 0.361. The van der Waals surface area contributed by atoms with Crippen molar-refractivity contribution in [1.29, 1.82) is 0 Å². The number of hydrogen-bond acceptors (Lipinski definition) is 4. The highest BCUT2D eigenvalue weighted by Gasteiger charge is 2.80. The van der Waals surface area contributed by atoms with Crippen molar-refractivity contribution in [2.24, 2.45) is 50.2 Å². The van der Waals surface area contributed by atoms with Crippen LogP contribution >= 0.6 is 0 Å². The van der Waals surface area contributed by atoms with Crippen LogP contribution in [0.15, 0.2) is 0 Å². The van der Waals surface area contributed by atoms with Crippen molar-refractivity contribution < 1.29 is 19.1 Å². The summed E-state index contributed by atoms with van der Waals surface area (Å²) in [4.78, 5) is 26.1. The number of Topliss-reactive ketones (excluding diaryl/α,β-unsaturated/α-hetero) is 1. The molecule has 0 aromatic heterocycles. The third kappa shape index (κ3) is 2.76. The molecule has 4 heteroatoms. The highest BCUT2D eigenvalue weighted by molar-refractivity contribution is 5.88. The van der Waals surface area contributed by atoms with E-state index < -0.39 is 0 Å². The molecule has 5 saturated carbocycles. The van der Waals surface area contributed by atoms with Crippen molar-refractivity contribution >= 4 is 11.8 Å². The summed E-state index contributed by atoms with van der Waals surface area (Å²) in [6, 6.07) is 0. The zero-order chi connectivity index (χ0) is 26.2. The molecule has 9 atom stereocenters. The third-order valence-corrected chi connectivity index (χ3v) is 14.2. The summed E-state index contributed by atoms with van der Waals surface area (Å²) >= 11 is 0. The summed E-state index contributed by atoms with van der Waals surface area (Å²) in [5, 5.41) is 0. The topological polar surface area (TPSA) is 52.6 Å². The predicted octanol–water partition coefficient (Wildman–Crippen LogP) is 7.13. The number of esters is 1. The van der Waals surface area contributed by atoms with Crippen LogP contribution in [0.5, 0.6) is 0 Å². The molecule has 0 unspecified atom stereocenters. The van der Waals surface area contributed by atoms with E-state index in [-0.39, 0.29) is 50.2 Å². The molecular formula is C32H50O4. The van der Waals surface area contributed by atoms with Crippen LogP contribution in [0.4, 0.5) is 0 Å². The van der Waals surface area contributed by atoms with Crippen molar-refractivity contribution in [2.45, 2.75) is 131 Å². The van der Waals surface area contributed by atoms with Gasteiger partial charge in [-0.1, -0.05) is 48.5 Å². The molecule has 2 bridgehead atoms. The van der Waals surface area contributed by atoms with E-state index in [1.807, 2.05) is 0 Å². The molecule has 0 aromatic carbocycles. The zero-order valence-corrected chi connectivity index (χ0v) is 24.2. The SMILES string of the molecule is CC(=O)O[C@H]1CC[C@]2(C)[C@H]3CC[C@]45OC[C@@]6(CCC(C)(C)C[C@H]64)C(=O)C[C@@]5(C)[C@]3(C)CC[C@H]2C1(C)C. The fourth-order valence-corrected chi connectivity index (χ4v) is 12.1. The molecule has 0 radical (unpaired) electrons. The van der Waals surface area contributed by atoms with Crippen LogP contribution in [0.25, 0.3) is 0 Å². The Morgan fingerprint density at radius 2 is 1.56 bits per heavy atom. The molecule has 6 aliphatic rings. The number of carbonyl (C=O) groups is 2. The van der Waals surface area contributed by atoms with Crippen LogP contribution in [-0.2, 0) is 19.1 Å². The van der Waals surface area contributed by atoms with E-state index in [0.717, 1.165) is 51.4 Å². The van der Waals surface area contributed by atoms with E-state index in [1.54, 1.807) is 6.92 Å². The monoisotopic (exact) mass is 498 g/mol. The largest absolute Gasteiger partial charge is 0.462 e. The van der Waals surface area contributed by atoms with Gasteiger partial charge in [-0.2, -0.15) is 0 Å². The fraction of sp³-hybridized carbons (Fsp3) is 0.938. The Balaban J connectivity index is 1.41. The van der Waals surface area contributed by atoms with Gasteiger partial charge >= 0.3 is 5.97 Å². The van der Waals surface area contributed by atoms with Gasteiger partial charge in [-0.15, -0.1) is 0 Å². The molecular weight excluding hydrogens is 448 g/mol. The van der Waals surface area contributed by atoms with Gasteiger partial charge in [0.05, 0.1) is 17.6 Å². The average molecular weight is 499 g/mol. The van der Waals surface area contributed by atoms with E-state index in [2.05, 4.69) is 48.5 Å². The van der Waals surface area contributed by atoms with Gasteiger partial charge in [0.2, 0.25) is 0 Å². The Labute approximate surface area is 219 Å². The van der Waals surface area contributed by atoms with Crippen LogP contribution in [0.1, 0.15) is 120 Å². The maximum absolute atomic E-state index is 14.2. The lowest BCUT2D eigenvalue weighted by Gasteiger charge is -2.74. The van der Waals surface area contributed by atoms with E-state index in [0.29, 0.717) is 36.6 Å². The molecule has 0 N–H and O–H groups in total. The van der Waals surface area contributed by atoms with Gasteiger partial charge in [-0.05, 0) is 85.9 Å². The number of rotatable bonds is 1. The van der Waals surface area contributed by atoms with Gasteiger partial charge in [0.1, 0.15) is 11.9 Å². The normalized spacial score (nSPS) is 54.5. The van der Waals surface area contributed by atoms with E-state index >= 15 is 0 Å². The van der Waals surface area contributed by atoms with Gasteiger partial charge < -0.3 is 9.47 Å². The van der Waals surface area contributed by atoms with Crippen LogP contribution in [0.3, 0.4) is 0 Å². The summed E-state index contributed by atoms with van der Waals surface area (Å²) in [7, 11) is 0. The smallest absolute Gasteiger partial charge is 0.302 e.